The molecular weight excluding hydrogens is 256 g/mol. The van der Waals surface area contributed by atoms with Crippen LogP contribution in [0.25, 0.3) is 5.65 Å². The topological polar surface area (TPSA) is 51.4 Å². The monoisotopic (exact) mass is 260 g/mol. The van der Waals surface area contributed by atoms with Crippen LogP contribution in [0.4, 0.5) is 0 Å². The van der Waals surface area contributed by atoms with Gasteiger partial charge in [0.25, 0.3) is 0 Å². The van der Waals surface area contributed by atoms with Crippen LogP contribution in [0.3, 0.4) is 0 Å². The molecule has 0 atom stereocenters. The molecule has 2 aromatic heterocycles. The zero-order chi connectivity index (χ0) is 9.42. The molecule has 6 heteroatoms. The largest absolute Gasteiger partial charge is 0.290 e. The van der Waals surface area contributed by atoms with Crippen LogP contribution in [0, 0.1) is 0 Å². The van der Waals surface area contributed by atoms with Gasteiger partial charge in [0.05, 0.1) is 6.20 Å². The van der Waals surface area contributed by atoms with E-state index in [0.29, 0.717) is 5.65 Å². The number of rotatable bonds is 1. The number of imidazole rings is 1. The molecule has 0 aliphatic rings. The van der Waals surface area contributed by atoms with Crippen molar-refractivity contribution in [3.63, 3.8) is 0 Å². The van der Waals surface area contributed by atoms with Gasteiger partial charge in [0.1, 0.15) is 5.65 Å². The molecule has 4 nitrogen and oxygen atoms in total. The fraction of sp³-hybridized carbons (Fsp3) is 0. The third-order valence-corrected chi connectivity index (χ3v) is 2.81. The lowest BCUT2D eigenvalue weighted by molar-refractivity contribution is 0.610. The summed E-state index contributed by atoms with van der Waals surface area (Å²) < 4.78 is 23.8. The highest BCUT2D eigenvalue weighted by Crippen LogP contribution is 2.13. The summed E-state index contributed by atoms with van der Waals surface area (Å²) in [6.07, 6.45) is 3.01. The lowest BCUT2D eigenvalue weighted by Crippen LogP contribution is -1.89. The molecule has 2 rings (SSSR count). The SMILES string of the molecule is O=[SH](=O)c1cnc2ccc(Br)cn12. The summed E-state index contributed by atoms with van der Waals surface area (Å²) in [6.45, 7) is 0. The Morgan fingerprint density at radius 2 is 2.15 bits per heavy atom. The Kier molecular flexibility index (Phi) is 2.09. The molecule has 0 N–H and O–H groups in total. The molecule has 0 saturated carbocycles. The van der Waals surface area contributed by atoms with Gasteiger partial charge in [-0.2, -0.15) is 0 Å². The molecule has 13 heavy (non-hydrogen) atoms. The second-order valence-electron chi connectivity index (χ2n) is 2.45. The Balaban J connectivity index is 2.86. The third-order valence-electron chi connectivity index (χ3n) is 1.64. The summed E-state index contributed by atoms with van der Waals surface area (Å²) in [5, 5.41) is 0.200. The number of aromatic nitrogens is 2. The molecule has 0 aliphatic heterocycles. The van der Waals surface area contributed by atoms with Crippen molar-refractivity contribution in [2.75, 3.05) is 0 Å². The summed E-state index contributed by atoms with van der Waals surface area (Å²) in [5.74, 6) is 0. The quantitative estimate of drug-likeness (QED) is 0.781. The van der Waals surface area contributed by atoms with E-state index in [1.807, 2.05) is 6.07 Å². The minimum Gasteiger partial charge on any atom is -0.290 e. The van der Waals surface area contributed by atoms with E-state index in [0.717, 1.165) is 4.47 Å². The van der Waals surface area contributed by atoms with E-state index in [4.69, 9.17) is 0 Å². The standard InChI is InChI=1S/C7H5BrN2O2S/c8-5-1-2-6-9-3-7(13(11)12)10(6)4-5/h1-4,13H. The Bertz CT molecular complexity index is 524. The van der Waals surface area contributed by atoms with Crippen molar-refractivity contribution in [3.8, 4) is 0 Å². The molecule has 0 fully saturated rings. The number of fused-ring (bicyclic) bond motifs is 1. The molecule has 2 aromatic rings. The van der Waals surface area contributed by atoms with Gasteiger partial charge in [-0.3, -0.25) is 4.40 Å². The second-order valence-corrected chi connectivity index (χ2v) is 4.34. The molecular formula is C7H5BrN2O2S. The van der Waals surface area contributed by atoms with Crippen molar-refractivity contribution in [2.45, 2.75) is 5.03 Å². The summed E-state index contributed by atoms with van der Waals surface area (Å²) in [6, 6.07) is 3.55. The zero-order valence-electron chi connectivity index (χ0n) is 6.35. The van der Waals surface area contributed by atoms with Crippen LogP contribution in [-0.2, 0) is 10.7 Å². The van der Waals surface area contributed by atoms with E-state index in [1.165, 1.54) is 10.6 Å². The first-order valence-electron chi connectivity index (χ1n) is 3.45. The van der Waals surface area contributed by atoms with E-state index in [1.54, 1.807) is 12.3 Å². The van der Waals surface area contributed by atoms with E-state index in [9.17, 15) is 8.42 Å². The maximum Gasteiger partial charge on any atom is 0.185 e. The summed E-state index contributed by atoms with van der Waals surface area (Å²) >= 11 is 3.25. The average molecular weight is 261 g/mol. The van der Waals surface area contributed by atoms with Crippen molar-refractivity contribution in [3.05, 3.63) is 29.0 Å². The highest BCUT2D eigenvalue weighted by molar-refractivity contribution is 9.10. The van der Waals surface area contributed by atoms with Gasteiger partial charge in [-0.05, 0) is 28.1 Å². The summed E-state index contributed by atoms with van der Waals surface area (Å²) in [7, 11) is -2.59. The van der Waals surface area contributed by atoms with Crippen LogP contribution in [0.5, 0.6) is 0 Å². The molecule has 0 amide bonds. The van der Waals surface area contributed by atoms with Crippen LogP contribution in [0.15, 0.2) is 34.0 Å². The minimum atomic E-state index is -2.59. The van der Waals surface area contributed by atoms with Crippen molar-refractivity contribution in [2.24, 2.45) is 0 Å². The molecule has 0 unspecified atom stereocenters. The number of hydrogen-bond acceptors (Lipinski definition) is 3. The fourth-order valence-corrected chi connectivity index (χ4v) is 1.90. The van der Waals surface area contributed by atoms with Gasteiger partial charge in [-0.15, -0.1) is 0 Å². The minimum absolute atomic E-state index is 0.200. The number of nitrogens with zero attached hydrogens (tertiary/aromatic N) is 2. The third kappa shape index (κ3) is 1.47. The molecule has 0 spiro atoms. The van der Waals surface area contributed by atoms with Crippen molar-refractivity contribution in [1.29, 1.82) is 0 Å². The maximum absolute atomic E-state index is 10.7. The van der Waals surface area contributed by atoms with E-state index in [-0.39, 0.29) is 5.03 Å². The van der Waals surface area contributed by atoms with Gasteiger partial charge in [0, 0.05) is 10.7 Å². The maximum atomic E-state index is 10.7. The molecule has 0 saturated heterocycles. The van der Waals surface area contributed by atoms with E-state index in [2.05, 4.69) is 20.9 Å². The smallest absolute Gasteiger partial charge is 0.185 e. The zero-order valence-corrected chi connectivity index (χ0v) is 8.83. The van der Waals surface area contributed by atoms with Crippen LogP contribution >= 0.6 is 15.9 Å². The number of halogens is 1. The Labute approximate surface area is 84.3 Å². The molecule has 68 valence electrons. The van der Waals surface area contributed by atoms with Crippen LogP contribution in [0.1, 0.15) is 0 Å². The van der Waals surface area contributed by atoms with Crippen molar-refractivity contribution < 1.29 is 8.42 Å². The Morgan fingerprint density at radius 3 is 2.85 bits per heavy atom. The first-order chi connectivity index (χ1) is 6.18. The Morgan fingerprint density at radius 1 is 1.38 bits per heavy atom. The van der Waals surface area contributed by atoms with Crippen molar-refractivity contribution in [1.82, 2.24) is 9.38 Å². The van der Waals surface area contributed by atoms with Gasteiger partial charge >= 0.3 is 0 Å². The highest BCUT2D eigenvalue weighted by Gasteiger charge is 2.04. The fourth-order valence-electron chi connectivity index (χ4n) is 1.08. The van der Waals surface area contributed by atoms with E-state index >= 15 is 0 Å². The van der Waals surface area contributed by atoms with Crippen LogP contribution in [-0.4, -0.2) is 17.8 Å². The van der Waals surface area contributed by atoms with Gasteiger partial charge in [0.2, 0.25) is 0 Å². The predicted molar refractivity (Wildman–Crippen MR) is 51.5 cm³/mol. The predicted octanol–water partition coefficient (Wildman–Crippen LogP) is 1.07. The van der Waals surface area contributed by atoms with Gasteiger partial charge in [-0.1, -0.05) is 0 Å². The molecule has 0 aliphatic carbocycles. The lowest BCUT2D eigenvalue weighted by Gasteiger charge is -1.95. The van der Waals surface area contributed by atoms with E-state index < -0.39 is 10.7 Å². The van der Waals surface area contributed by atoms with Gasteiger partial charge in [-0.25, -0.2) is 13.4 Å². The molecule has 0 radical (unpaired) electrons. The van der Waals surface area contributed by atoms with Gasteiger partial charge in [0.15, 0.2) is 15.7 Å². The number of hydrogen-bond donors (Lipinski definition) is 1. The highest BCUT2D eigenvalue weighted by atomic mass is 79.9. The normalized spacial score (nSPS) is 11.2. The van der Waals surface area contributed by atoms with Crippen LogP contribution < -0.4 is 0 Å². The molecule has 2 heterocycles. The van der Waals surface area contributed by atoms with Gasteiger partial charge < -0.3 is 0 Å². The van der Waals surface area contributed by atoms with Crippen LogP contribution in [0.2, 0.25) is 0 Å². The molecule has 0 bridgehead atoms. The molecule has 0 aromatic carbocycles. The summed E-state index contributed by atoms with van der Waals surface area (Å²) in [4.78, 5) is 3.94. The number of thiol groups is 1. The first kappa shape index (κ1) is 8.71. The second kappa shape index (κ2) is 3.12. The Hall–Kier alpha value is -0.880. The number of pyridine rings is 1. The average Bonchev–Trinajstić information content (AvgIpc) is 2.46. The lowest BCUT2D eigenvalue weighted by atomic mass is 10.5. The summed E-state index contributed by atoms with van der Waals surface area (Å²) in [5.41, 5.74) is 0.623. The van der Waals surface area contributed by atoms with Crippen molar-refractivity contribution >= 4 is 32.3 Å². The first-order valence-corrected chi connectivity index (χ1v) is 5.42.